The highest BCUT2D eigenvalue weighted by Crippen LogP contribution is 2.34. The van der Waals surface area contributed by atoms with Gasteiger partial charge in [-0.15, -0.1) is 0 Å². The van der Waals surface area contributed by atoms with E-state index in [2.05, 4.69) is 41.5 Å². The van der Waals surface area contributed by atoms with Crippen LogP contribution in [0.15, 0.2) is 79.3 Å². The molecule has 154 valence electrons. The van der Waals surface area contributed by atoms with Crippen LogP contribution in [0.5, 0.6) is 11.5 Å². The van der Waals surface area contributed by atoms with Crippen molar-refractivity contribution in [1.29, 1.82) is 0 Å². The molecule has 0 saturated heterocycles. The third-order valence-corrected chi connectivity index (χ3v) is 5.25. The monoisotopic (exact) mass is 411 g/mol. The van der Waals surface area contributed by atoms with Crippen LogP contribution < -0.4 is 14.8 Å². The largest absolute Gasteiger partial charge is 0.454 e. The Bertz CT molecular complexity index is 1230. The van der Waals surface area contributed by atoms with Gasteiger partial charge >= 0.3 is 0 Å². The SMILES string of the molecule is Cc1ccc(Cn2cc(-c3ccncc3)cc2C(=O)Nc2ccc3c(c2)OCO3)cc1. The van der Waals surface area contributed by atoms with E-state index in [4.69, 9.17) is 9.47 Å². The first-order chi connectivity index (χ1) is 15.2. The van der Waals surface area contributed by atoms with Crippen LogP contribution in [0.25, 0.3) is 11.1 Å². The molecule has 0 bridgehead atoms. The van der Waals surface area contributed by atoms with E-state index in [0.717, 1.165) is 16.7 Å². The van der Waals surface area contributed by atoms with Crippen LogP contribution in [-0.2, 0) is 6.54 Å². The molecule has 0 unspecified atom stereocenters. The molecular formula is C25H21N3O3. The summed E-state index contributed by atoms with van der Waals surface area (Å²) >= 11 is 0. The van der Waals surface area contributed by atoms with Gasteiger partial charge in [0.15, 0.2) is 11.5 Å². The number of nitrogens with one attached hydrogen (secondary N) is 1. The molecule has 1 amide bonds. The Labute approximate surface area is 180 Å². The highest BCUT2D eigenvalue weighted by atomic mass is 16.7. The molecule has 5 rings (SSSR count). The first-order valence-corrected chi connectivity index (χ1v) is 10.0. The van der Waals surface area contributed by atoms with Crippen LogP contribution in [0.3, 0.4) is 0 Å². The fourth-order valence-corrected chi connectivity index (χ4v) is 3.59. The molecule has 1 aliphatic rings. The number of pyridine rings is 1. The summed E-state index contributed by atoms with van der Waals surface area (Å²) in [5.41, 5.74) is 5.53. The molecule has 2 aromatic carbocycles. The minimum absolute atomic E-state index is 0.189. The average molecular weight is 411 g/mol. The lowest BCUT2D eigenvalue weighted by Crippen LogP contribution is -2.17. The van der Waals surface area contributed by atoms with Crippen molar-refractivity contribution in [2.45, 2.75) is 13.5 Å². The zero-order valence-corrected chi connectivity index (χ0v) is 17.0. The number of hydrogen-bond donors (Lipinski definition) is 1. The van der Waals surface area contributed by atoms with E-state index in [1.54, 1.807) is 24.5 Å². The van der Waals surface area contributed by atoms with Gasteiger partial charge in [-0.2, -0.15) is 0 Å². The maximum atomic E-state index is 13.2. The molecule has 0 spiro atoms. The number of aryl methyl sites for hydroxylation is 1. The lowest BCUT2D eigenvalue weighted by molar-refractivity contribution is 0.101. The van der Waals surface area contributed by atoms with Crippen molar-refractivity contribution in [3.63, 3.8) is 0 Å². The summed E-state index contributed by atoms with van der Waals surface area (Å²) in [6.07, 6.45) is 5.50. The van der Waals surface area contributed by atoms with Gasteiger partial charge in [-0.1, -0.05) is 29.8 Å². The number of carbonyl (C=O) groups excluding carboxylic acids is 1. The van der Waals surface area contributed by atoms with Crippen molar-refractivity contribution in [3.8, 4) is 22.6 Å². The summed E-state index contributed by atoms with van der Waals surface area (Å²) < 4.78 is 12.7. The minimum atomic E-state index is -0.189. The number of rotatable bonds is 5. The molecule has 0 fully saturated rings. The Balaban J connectivity index is 1.47. The van der Waals surface area contributed by atoms with E-state index < -0.39 is 0 Å². The highest BCUT2D eigenvalue weighted by Gasteiger charge is 2.18. The maximum Gasteiger partial charge on any atom is 0.272 e. The van der Waals surface area contributed by atoms with E-state index in [9.17, 15) is 4.79 Å². The van der Waals surface area contributed by atoms with E-state index in [0.29, 0.717) is 29.4 Å². The van der Waals surface area contributed by atoms with Gasteiger partial charge in [-0.05, 0) is 48.4 Å². The fraction of sp³-hybridized carbons (Fsp3) is 0.120. The molecule has 3 heterocycles. The zero-order chi connectivity index (χ0) is 21.2. The minimum Gasteiger partial charge on any atom is -0.454 e. The number of benzene rings is 2. The smallest absolute Gasteiger partial charge is 0.272 e. The van der Waals surface area contributed by atoms with Gasteiger partial charge in [0.25, 0.3) is 5.91 Å². The number of amides is 1. The second-order valence-electron chi connectivity index (χ2n) is 7.49. The second-order valence-corrected chi connectivity index (χ2v) is 7.49. The molecule has 0 saturated carbocycles. The number of anilines is 1. The van der Waals surface area contributed by atoms with E-state index in [1.165, 1.54) is 5.56 Å². The summed E-state index contributed by atoms with van der Waals surface area (Å²) in [4.78, 5) is 17.3. The number of nitrogens with zero attached hydrogens (tertiary/aromatic N) is 2. The summed E-state index contributed by atoms with van der Waals surface area (Å²) in [6, 6.07) is 19.5. The Morgan fingerprint density at radius 3 is 2.55 bits per heavy atom. The van der Waals surface area contributed by atoms with Gasteiger partial charge < -0.3 is 19.4 Å². The number of carbonyl (C=O) groups is 1. The van der Waals surface area contributed by atoms with Crippen molar-refractivity contribution < 1.29 is 14.3 Å². The van der Waals surface area contributed by atoms with Crippen molar-refractivity contribution >= 4 is 11.6 Å². The predicted octanol–water partition coefficient (Wildman–Crippen LogP) is 4.89. The first kappa shape index (κ1) is 18.9. The predicted molar refractivity (Wildman–Crippen MR) is 118 cm³/mol. The van der Waals surface area contributed by atoms with E-state index in [1.807, 2.05) is 35.0 Å². The van der Waals surface area contributed by atoms with Crippen molar-refractivity contribution in [1.82, 2.24) is 9.55 Å². The van der Waals surface area contributed by atoms with Gasteiger partial charge in [0.05, 0.1) is 0 Å². The van der Waals surface area contributed by atoms with Crippen LogP contribution in [0.2, 0.25) is 0 Å². The number of aromatic nitrogens is 2. The van der Waals surface area contributed by atoms with Crippen molar-refractivity contribution in [2.75, 3.05) is 12.1 Å². The van der Waals surface area contributed by atoms with E-state index >= 15 is 0 Å². The number of hydrogen-bond acceptors (Lipinski definition) is 4. The third kappa shape index (κ3) is 4.00. The number of fused-ring (bicyclic) bond motifs is 1. The van der Waals surface area contributed by atoms with Crippen molar-refractivity contribution in [3.05, 3.63) is 96.1 Å². The summed E-state index contributed by atoms with van der Waals surface area (Å²) in [5, 5.41) is 2.98. The van der Waals surface area contributed by atoms with E-state index in [-0.39, 0.29) is 12.7 Å². The van der Waals surface area contributed by atoms with Gasteiger partial charge in [0, 0.05) is 42.5 Å². The first-order valence-electron chi connectivity index (χ1n) is 10.0. The van der Waals surface area contributed by atoms with Gasteiger partial charge in [-0.25, -0.2) is 0 Å². The van der Waals surface area contributed by atoms with Crippen LogP contribution in [-0.4, -0.2) is 22.3 Å². The molecule has 0 radical (unpaired) electrons. The van der Waals surface area contributed by atoms with Crippen LogP contribution in [0.1, 0.15) is 21.6 Å². The summed E-state index contributed by atoms with van der Waals surface area (Å²) in [6.45, 7) is 2.85. The summed E-state index contributed by atoms with van der Waals surface area (Å²) in [5.74, 6) is 1.12. The van der Waals surface area contributed by atoms with Gasteiger partial charge in [0.2, 0.25) is 6.79 Å². The van der Waals surface area contributed by atoms with Gasteiger partial charge in [0.1, 0.15) is 5.69 Å². The molecule has 0 aliphatic carbocycles. The number of ether oxygens (including phenoxy) is 2. The third-order valence-electron chi connectivity index (χ3n) is 5.25. The van der Waals surface area contributed by atoms with Crippen LogP contribution in [0, 0.1) is 6.92 Å². The molecule has 1 aliphatic heterocycles. The normalized spacial score (nSPS) is 12.0. The molecular weight excluding hydrogens is 390 g/mol. The molecule has 6 heteroatoms. The lowest BCUT2D eigenvalue weighted by atomic mass is 10.1. The highest BCUT2D eigenvalue weighted by molar-refractivity contribution is 6.04. The Hall–Kier alpha value is -4.06. The lowest BCUT2D eigenvalue weighted by Gasteiger charge is -2.11. The Morgan fingerprint density at radius 2 is 1.74 bits per heavy atom. The molecule has 2 aromatic heterocycles. The fourth-order valence-electron chi connectivity index (χ4n) is 3.59. The van der Waals surface area contributed by atoms with Crippen LogP contribution >= 0.6 is 0 Å². The zero-order valence-electron chi connectivity index (χ0n) is 17.0. The quantitative estimate of drug-likeness (QED) is 0.508. The topological polar surface area (TPSA) is 65.4 Å². The molecule has 6 nitrogen and oxygen atoms in total. The molecule has 1 N–H and O–H groups in total. The average Bonchev–Trinajstić information content (AvgIpc) is 3.43. The molecule has 0 atom stereocenters. The standard InChI is InChI=1S/C25H21N3O3/c1-17-2-4-18(5-3-17)14-28-15-20(19-8-10-26-11-9-19)12-22(28)25(29)27-21-6-7-23-24(13-21)31-16-30-23/h2-13,15H,14,16H2,1H3,(H,27,29). The van der Waals surface area contributed by atoms with Gasteiger partial charge in [-0.3, -0.25) is 9.78 Å². The molecule has 4 aromatic rings. The second kappa shape index (κ2) is 7.99. The summed E-state index contributed by atoms with van der Waals surface area (Å²) in [7, 11) is 0. The maximum absolute atomic E-state index is 13.2. The Morgan fingerprint density at radius 1 is 0.968 bits per heavy atom. The molecule has 31 heavy (non-hydrogen) atoms. The van der Waals surface area contributed by atoms with Crippen LogP contribution in [0.4, 0.5) is 5.69 Å². The Kier molecular flexibility index (Phi) is 4.88. The van der Waals surface area contributed by atoms with Crippen molar-refractivity contribution in [2.24, 2.45) is 0 Å².